The number of hydrogen-bond donors (Lipinski definition) is 1. The zero-order valence-electron chi connectivity index (χ0n) is 12.8. The molecule has 4 nitrogen and oxygen atoms in total. The second kappa shape index (κ2) is 7.50. The summed E-state index contributed by atoms with van der Waals surface area (Å²) in [5, 5.41) is 3.54. The number of hydrogen-bond acceptors (Lipinski definition) is 4. The van der Waals surface area contributed by atoms with E-state index in [1.165, 1.54) is 23.4 Å². The summed E-state index contributed by atoms with van der Waals surface area (Å²) in [7, 11) is 3.49. The number of benzene rings is 1. The van der Waals surface area contributed by atoms with Crippen LogP contribution in [0.1, 0.15) is 18.9 Å². The van der Waals surface area contributed by atoms with Crippen LogP contribution in [0.25, 0.3) is 0 Å². The Balaban J connectivity index is 2.11. The molecule has 112 valence electrons. The predicted molar refractivity (Wildman–Crippen MR) is 83.8 cm³/mol. The zero-order chi connectivity index (χ0) is 14.4. The Bertz CT molecular complexity index is 415. The average Bonchev–Trinajstić information content (AvgIpc) is 2.47. The van der Waals surface area contributed by atoms with Crippen molar-refractivity contribution in [3.8, 4) is 0 Å². The van der Waals surface area contributed by atoms with Crippen LogP contribution >= 0.6 is 0 Å². The van der Waals surface area contributed by atoms with Crippen LogP contribution < -0.4 is 10.2 Å². The molecule has 0 bridgehead atoms. The van der Waals surface area contributed by atoms with E-state index in [1.54, 1.807) is 14.2 Å². The van der Waals surface area contributed by atoms with Gasteiger partial charge >= 0.3 is 0 Å². The van der Waals surface area contributed by atoms with Crippen LogP contribution in [0.15, 0.2) is 18.2 Å². The van der Waals surface area contributed by atoms with Crippen LogP contribution in [0.5, 0.6) is 0 Å². The first-order valence-electron chi connectivity index (χ1n) is 7.37. The van der Waals surface area contributed by atoms with E-state index in [-0.39, 0.29) is 0 Å². The van der Waals surface area contributed by atoms with Gasteiger partial charge in [-0.15, -0.1) is 0 Å². The van der Waals surface area contributed by atoms with Crippen molar-refractivity contribution < 1.29 is 9.47 Å². The van der Waals surface area contributed by atoms with Crippen LogP contribution in [0.4, 0.5) is 11.4 Å². The number of anilines is 2. The van der Waals surface area contributed by atoms with Gasteiger partial charge in [0.25, 0.3) is 0 Å². The molecule has 0 radical (unpaired) electrons. The lowest BCUT2D eigenvalue weighted by Gasteiger charge is -2.28. The largest absolute Gasteiger partial charge is 0.383 e. The molecule has 0 aromatic heterocycles. The van der Waals surface area contributed by atoms with Gasteiger partial charge < -0.3 is 19.7 Å². The highest BCUT2D eigenvalue weighted by Crippen LogP contribution is 2.29. The van der Waals surface area contributed by atoms with Gasteiger partial charge in [-0.1, -0.05) is 0 Å². The van der Waals surface area contributed by atoms with Gasteiger partial charge in [0.1, 0.15) is 0 Å². The van der Waals surface area contributed by atoms with Crippen molar-refractivity contribution in [1.29, 1.82) is 0 Å². The number of aryl methyl sites for hydroxylation is 1. The molecule has 20 heavy (non-hydrogen) atoms. The van der Waals surface area contributed by atoms with E-state index >= 15 is 0 Å². The Morgan fingerprint density at radius 2 is 1.90 bits per heavy atom. The van der Waals surface area contributed by atoms with Crippen LogP contribution in [0.2, 0.25) is 0 Å². The molecule has 1 aromatic rings. The fourth-order valence-corrected chi connectivity index (χ4v) is 2.61. The summed E-state index contributed by atoms with van der Waals surface area (Å²) in [4.78, 5) is 2.32. The number of nitrogens with zero attached hydrogens (tertiary/aromatic N) is 1. The van der Waals surface area contributed by atoms with Crippen molar-refractivity contribution in [2.75, 3.05) is 50.7 Å². The molecule has 0 aliphatic carbocycles. The minimum Gasteiger partial charge on any atom is -0.383 e. The summed E-state index contributed by atoms with van der Waals surface area (Å²) in [5.41, 5.74) is 3.96. The van der Waals surface area contributed by atoms with Gasteiger partial charge in [-0.25, -0.2) is 0 Å². The van der Waals surface area contributed by atoms with Gasteiger partial charge in [-0.3, -0.25) is 0 Å². The van der Waals surface area contributed by atoms with Gasteiger partial charge in [0.05, 0.1) is 13.2 Å². The van der Waals surface area contributed by atoms with Gasteiger partial charge in [0.15, 0.2) is 0 Å². The minimum absolute atomic E-state index is 0.575. The summed E-state index contributed by atoms with van der Waals surface area (Å²) in [6.45, 7) is 5.48. The fourth-order valence-electron chi connectivity index (χ4n) is 2.61. The normalized spacial score (nSPS) is 17.4. The third-order valence-corrected chi connectivity index (χ3v) is 3.83. The number of rotatable bonds is 7. The van der Waals surface area contributed by atoms with E-state index in [4.69, 9.17) is 9.47 Å². The smallest absolute Gasteiger partial charge is 0.0637 e. The van der Waals surface area contributed by atoms with E-state index in [1.807, 2.05) is 0 Å². The molecule has 0 spiro atoms. The monoisotopic (exact) mass is 278 g/mol. The van der Waals surface area contributed by atoms with Crippen LogP contribution in [0, 0.1) is 0 Å². The summed E-state index contributed by atoms with van der Waals surface area (Å²) in [5.74, 6) is 0. The first kappa shape index (κ1) is 15.1. The Morgan fingerprint density at radius 1 is 1.20 bits per heavy atom. The van der Waals surface area contributed by atoms with Crippen molar-refractivity contribution in [3.05, 3.63) is 23.8 Å². The Kier molecular flexibility index (Phi) is 5.68. The summed E-state index contributed by atoms with van der Waals surface area (Å²) < 4.78 is 10.4. The third-order valence-electron chi connectivity index (χ3n) is 3.83. The summed E-state index contributed by atoms with van der Waals surface area (Å²) in [6.07, 6.45) is 2.35. The van der Waals surface area contributed by atoms with Crippen molar-refractivity contribution >= 4 is 11.4 Å². The predicted octanol–water partition coefficient (Wildman–Crippen LogP) is 2.53. The van der Waals surface area contributed by atoms with E-state index in [2.05, 4.69) is 35.3 Å². The Hall–Kier alpha value is -1.26. The maximum Gasteiger partial charge on any atom is 0.0637 e. The second-order valence-electron chi connectivity index (χ2n) is 5.40. The first-order valence-corrected chi connectivity index (χ1v) is 7.37. The lowest BCUT2D eigenvalue weighted by molar-refractivity contribution is 0.190. The molecule has 4 heteroatoms. The maximum atomic E-state index is 5.21. The van der Waals surface area contributed by atoms with E-state index in [9.17, 15) is 0 Å². The molecule has 0 saturated heterocycles. The van der Waals surface area contributed by atoms with Gasteiger partial charge in [0.2, 0.25) is 0 Å². The molecule has 2 rings (SSSR count). The highest BCUT2D eigenvalue weighted by Gasteiger charge is 2.15. The standard InChI is InChI=1S/C16H26N2O2/c1-13-4-5-14-12-15(6-7-16(14)17-13)18(8-10-19-2)9-11-20-3/h6-7,12-13,17H,4-5,8-11H2,1-3H3. The molecule has 1 N–H and O–H groups in total. The Labute approximate surface area is 122 Å². The van der Waals surface area contributed by atoms with Gasteiger partial charge in [-0.05, 0) is 43.5 Å². The zero-order valence-corrected chi connectivity index (χ0v) is 12.8. The van der Waals surface area contributed by atoms with Gasteiger partial charge in [0, 0.05) is 44.7 Å². The van der Waals surface area contributed by atoms with Crippen molar-refractivity contribution in [3.63, 3.8) is 0 Å². The van der Waals surface area contributed by atoms with E-state index < -0.39 is 0 Å². The summed E-state index contributed by atoms with van der Waals surface area (Å²) in [6, 6.07) is 7.27. The highest BCUT2D eigenvalue weighted by molar-refractivity contribution is 5.62. The number of fused-ring (bicyclic) bond motifs is 1. The van der Waals surface area contributed by atoms with E-state index in [0.717, 1.165) is 32.7 Å². The molecule has 1 atom stereocenters. The molecule has 0 saturated carbocycles. The lowest BCUT2D eigenvalue weighted by Crippen LogP contribution is -2.31. The molecule has 1 aliphatic heterocycles. The first-order chi connectivity index (χ1) is 9.74. The molecule has 1 aliphatic rings. The van der Waals surface area contributed by atoms with Crippen molar-refractivity contribution in [1.82, 2.24) is 0 Å². The SMILES string of the molecule is COCCN(CCOC)c1ccc2c(c1)CCC(C)N2. The van der Waals surface area contributed by atoms with Crippen LogP contribution in [-0.2, 0) is 15.9 Å². The van der Waals surface area contributed by atoms with Crippen LogP contribution in [0.3, 0.4) is 0 Å². The molecule has 0 fully saturated rings. The second-order valence-corrected chi connectivity index (χ2v) is 5.40. The quantitative estimate of drug-likeness (QED) is 0.831. The highest BCUT2D eigenvalue weighted by atomic mass is 16.5. The van der Waals surface area contributed by atoms with Crippen LogP contribution in [-0.4, -0.2) is 46.6 Å². The Morgan fingerprint density at radius 3 is 2.55 bits per heavy atom. The number of ether oxygens (including phenoxy) is 2. The van der Waals surface area contributed by atoms with Crippen molar-refractivity contribution in [2.24, 2.45) is 0 Å². The number of methoxy groups -OCH3 is 2. The third kappa shape index (κ3) is 3.87. The topological polar surface area (TPSA) is 33.7 Å². The molecular formula is C16H26N2O2. The minimum atomic E-state index is 0.575. The van der Waals surface area contributed by atoms with E-state index in [0.29, 0.717) is 6.04 Å². The number of nitrogens with one attached hydrogen (secondary N) is 1. The fraction of sp³-hybridized carbons (Fsp3) is 0.625. The summed E-state index contributed by atoms with van der Waals surface area (Å²) >= 11 is 0. The maximum absolute atomic E-state index is 5.21. The molecule has 1 unspecified atom stereocenters. The molecular weight excluding hydrogens is 252 g/mol. The average molecular weight is 278 g/mol. The lowest BCUT2D eigenvalue weighted by atomic mass is 9.98. The van der Waals surface area contributed by atoms with Gasteiger partial charge in [-0.2, -0.15) is 0 Å². The molecule has 1 aromatic carbocycles. The molecule has 1 heterocycles. The van der Waals surface area contributed by atoms with Crippen molar-refractivity contribution in [2.45, 2.75) is 25.8 Å². The molecule has 0 amide bonds.